The molecule has 4 heteroatoms. The Morgan fingerprint density at radius 1 is 1.21 bits per heavy atom. The Morgan fingerprint density at radius 3 is 2.14 bits per heavy atom. The van der Waals surface area contributed by atoms with Gasteiger partial charge >= 0.3 is 0 Å². The molecule has 0 spiro atoms. The van der Waals surface area contributed by atoms with Gasteiger partial charge in [0.05, 0.1) is 0 Å². The molecule has 0 saturated heterocycles. The van der Waals surface area contributed by atoms with Crippen LogP contribution < -0.4 is 4.84 Å². The van der Waals surface area contributed by atoms with Gasteiger partial charge < -0.3 is 15.1 Å². The number of aromatic hydroxyl groups is 2. The normalized spacial score (nSPS) is 26.9. The first kappa shape index (κ1) is 7.79. The van der Waals surface area contributed by atoms with Gasteiger partial charge in [0.25, 0.3) is 0 Å². The predicted molar refractivity (Wildman–Crippen MR) is 49.5 cm³/mol. The summed E-state index contributed by atoms with van der Waals surface area (Å²) in [6.45, 7) is 0. The van der Waals surface area contributed by atoms with Crippen LogP contribution in [-0.2, 0) is 0 Å². The second-order valence-electron chi connectivity index (χ2n) is 3.79. The summed E-state index contributed by atoms with van der Waals surface area (Å²) in [5.41, 5.74) is 1.66. The van der Waals surface area contributed by atoms with Crippen LogP contribution >= 0.6 is 0 Å². The van der Waals surface area contributed by atoms with Crippen LogP contribution in [0.3, 0.4) is 0 Å². The van der Waals surface area contributed by atoms with E-state index in [1.54, 1.807) is 0 Å². The minimum Gasteiger partial charge on any atom is -0.492 e. The quantitative estimate of drug-likeness (QED) is 0.656. The molecule has 1 heterocycles. The van der Waals surface area contributed by atoms with E-state index in [-0.39, 0.29) is 23.6 Å². The van der Waals surface area contributed by atoms with E-state index in [9.17, 15) is 10.2 Å². The van der Waals surface area contributed by atoms with E-state index in [0.29, 0.717) is 0 Å². The molecule has 0 radical (unpaired) electrons. The van der Waals surface area contributed by atoms with Crippen molar-refractivity contribution >= 4 is 0 Å². The average Bonchev–Trinajstić information content (AvgIpc) is 2.80. The lowest BCUT2D eigenvalue weighted by atomic mass is 10.0. The Kier molecular flexibility index (Phi) is 1.26. The number of rotatable bonds is 1. The lowest BCUT2D eigenvalue weighted by Crippen LogP contribution is -2.04. The molecule has 3 rings (SSSR count). The van der Waals surface area contributed by atoms with Crippen LogP contribution in [0.2, 0.25) is 0 Å². The molecule has 0 saturated carbocycles. The van der Waals surface area contributed by atoms with Gasteiger partial charge in [-0.15, -0.1) is 4.73 Å². The summed E-state index contributed by atoms with van der Waals surface area (Å²) in [5, 5.41) is 19.6. The molecular weight excluding hydrogens is 182 g/mol. The van der Waals surface area contributed by atoms with Gasteiger partial charge in [0, 0.05) is 23.0 Å². The van der Waals surface area contributed by atoms with Crippen LogP contribution in [0.15, 0.2) is 12.2 Å². The van der Waals surface area contributed by atoms with E-state index < -0.39 is 0 Å². The molecule has 0 fully saturated rings. The maximum Gasteiger partial charge on any atom is 0.233 e. The highest BCUT2D eigenvalue weighted by Crippen LogP contribution is 2.56. The summed E-state index contributed by atoms with van der Waals surface area (Å²) in [5.74, 6) is 0.572. The molecule has 0 amide bonds. The lowest BCUT2D eigenvalue weighted by molar-refractivity contribution is 0.118. The smallest absolute Gasteiger partial charge is 0.233 e. The van der Waals surface area contributed by atoms with Crippen LogP contribution in [0.25, 0.3) is 0 Å². The summed E-state index contributed by atoms with van der Waals surface area (Å²) < 4.78 is 1.08. The van der Waals surface area contributed by atoms with E-state index in [1.165, 1.54) is 7.11 Å². The average molecular weight is 193 g/mol. The van der Waals surface area contributed by atoms with Crippen LogP contribution in [-0.4, -0.2) is 22.1 Å². The van der Waals surface area contributed by atoms with Crippen LogP contribution in [0.5, 0.6) is 11.8 Å². The molecule has 2 bridgehead atoms. The molecule has 0 aliphatic heterocycles. The number of fused-ring (bicyclic) bond motifs is 5. The third-order valence-corrected chi connectivity index (χ3v) is 3.16. The zero-order chi connectivity index (χ0) is 9.87. The molecular formula is C10H11NO3. The van der Waals surface area contributed by atoms with Crippen molar-refractivity contribution in [3.63, 3.8) is 0 Å². The van der Waals surface area contributed by atoms with Gasteiger partial charge in [-0.3, -0.25) is 0 Å². The molecule has 74 valence electrons. The fourth-order valence-corrected chi connectivity index (χ4v) is 2.59. The van der Waals surface area contributed by atoms with Crippen molar-refractivity contribution in [3.05, 3.63) is 23.3 Å². The van der Waals surface area contributed by atoms with Crippen LogP contribution in [0, 0.1) is 0 Å². The third-order valence-electron chi connectivity index (χ3n) is 3.16. The molecule has 2 aliphatic carbocycles. The lowest BCUT2D eigenvalue weighted by Gasteiger charge is -2.06. The number of aromatic nitrogens is 1. The third kappa shape index (κ3) is 0.660. The van der Waals surface area contributed by atoms with Gasteiger partial charge in [-0.2, -0.15) is 0 Å². The molecule has 2 unspecified atom stereocenters. The number of allylic oxidation sites excluding steroid dienone is 2. The Morgan fingerprint density at radius 2 is 1.71 bits per heavy atom. The second kappa shape index (κ2) is 2.26. The highest BCUT2D eigenvalue weighted by molar-refractivity contribution is 5.58. The van der Waals surface area contributed by atoms with Gasteiger partial charge in [-0.25, -0.2) is 0 Å². The van der Waals surface area contributed by atoms with Crippen molar-refractivity contribution in [2.24, 2.45) is 0 Å². The first-order valence-corrected chi connectivity index (χ1v) is 4.63. The molecule has 1 aromatic heterocycles. The zero-order valence-electron chi connectivity index (χ0n) is 7.77. The van der Waals surface area contributed by atoms with Crippen molar-refractivity contribution in [3.8, 4) is 11.8 Å². The predicted octanol–water partition coefficient (Wildman–Crippen LogP) is 1.10. The standard InChI is InChI=1S/C10H11NO3/c1-14-11-9(12)7-5-2-3-6(4-5)8(7)10(11)13/h2-3,5-6,12-13H,4H2,1H3. The maximum absolute atomic E-state index is 9.80. The Labute approximate surface area is 81.0 Å². The van der Waals surface area contributed by atoms with Gasteiger partial charge in [-0.05, 0) is 6.42 Å². The van der Waals surface area contributed by atoms with Crippen LogP contribution in [0.1, 0.15) is 29.4 Å². The largest absolute Gasteiger partial charge is 0.492 e. The minimum atomic E-state index is 0.0388. The molecule has 14 heavy (non-hydrogen) atoms. The summed E-state index contributed by atoms with van der Waals surface area (Å²) in [6.07, 6.45) is 5.12. The first-order valence-electron chi connectivity index (χ1n) is 4.63. The van der Waals surface area contributed by atoms with Crippen molar-refractivity contribution < 1.29 is 15.1 Å². The van der Waals surface area contributed by atoms with E-state index in [0.717, 1.165) is 22.3 Å². The van der Waals surface area contributed by atoms with Gasteiger partial charge in [-0.1, -0.05) is 12.2 Å². The molecule has 0 aromatic carbocycles. The monoisotopic (exact) mass is 193 g/mol. The first-order chi connectivity index (χ1) is 6.74. The topological polar surface area (TPSA) is 54.6 Å². The molecule has 4 nitrogen and oxygen atoms in total. The minimum absolute atomic E-state index is 0.0388. The Hall–Kier alpha value is -1.58. The highest BCUT2D eigenvalue weighted by Gasteiger charge is 2.41. The number of hydrogen-bond acceptors (Lipinski definition) is 3. The van der Waals surface area contributed by atoms with E-state index in [4.69, 9.17) is 4.84 Å². The number of nitrogens with zero attached hydrogens (tertiary/aromatic N) is 1. The molecule has 1 aromatic rings. The Bertz CT molecular complexity index is 398. The highest BCUT2D eigenvalue weighted by atomic mass is 16.7. The summed E-state index contributed by atoms with van der Waals surface area (Å²) in [4.78, 5) is 4.89. The van der Waals surface area contributed by atoms with E-state index in [1.807, 2.05) is 0 Å². The SMILES string of the molecule is COn1c(O)c2c(c1O)C1C=CC2C1. The molecule has 2 N–H and O–H groups in total. The summed E-state index contributed by atoms with van der Waals surface area (Å²) >= 11 is 0. The zero-order valence-corrected chi connectivity index (χ0v) is 7.77. The Balaban J connectivity index is 2.27. The van der Waals surface area contributed by atoms with E-state index >= 15 is 0 Å². The molecule has 2 aliphatic rings. The second-order valence-corrected chi connectivity index (χ2v) is 3.79. The summed E-state index contributed by atoms with van der Waals surface area (Å²) in [6, 6.07) is 0. The van der Waals surface area contributed by atoms with Crippen molar-refractivity contribution in [2.75, 3.05) is 7.11 Å². The van der Waals surface area contributed by atoms with Gasteiger partial charge in [0.2, 0.25) is 11.8 Å². The molecule has 2 atom stereocenters. The van der Waals surface area contributed by atoms with Crippen molar-refractivity contribution in [2.45, 2.75) is 18.3 Å². The summed E-state index contributed by atoms with van der Waals surface area (Å²) in [7, 11) is 1.42. The number of hydrogen-bond donors (Lipinski definition) is 2. The van der Waals surface area contributed by atoms with E-state index in [2.05, 4.69) is 12.2 Å². The fraction of sp³-hybridized carbons (Fsp3) is 0.400. The van der Waals surface area contributed by atoms with Crippen LogP contribution in [0.4, 0.5) is 0 Å². The fourth-order valence-electron chi connectivity index (χ4n) is 2.59. The van der Waals surface area contributed by atoms with Gasteiger partial charge in [0.1, 0.15) is 7.11 Å². The maximum atomic E-state index is 9.80. The van der Waals surface area contributed by atoms with Crippen molar-refractivity contribution in [1.82, 2.24) is 4.73 Å². The van der Waals surface area contributed by atoms with Crippen molar-refractivity contribution in [1.29, 1.82) is 0 Å². The van der Waals surface area contributed by atoms with Gasteiger partial charge in [0.15, 0.2) is 0 Å².